The van der Waals surface area contributed by atoms with Crippen LogP contribution in [0.15, 0.2) is 78.2 Å². The van der Waals surface area contributed by atoms with Crippen molar-refractivity contribution in [3.05, 3.63) is 89.2 Å². The molecule has 2 heterocycles. The van der Waals surface area contributed by atoms with Gasteiger partial charge in [0, 0.05) is 35.2 Å². The van der Waals surface area contributed by atoms with Crippen molar-refractivity contribution in [1.29, 1.82) is 0 Å². The van der Waals surface area contributed by atoms with Crippen molar-refractivity contribution >= 4 is 29.3 Å². The summed E-state index contributed by atoms with van der Waals surface area (Å²) in [7, 11) is 0. The highest BCUT2D eigenvalue weighted by Crippen LogP contribution is 2.30. The molecular formula is C24H22ClN5OS. The Labute approximate surface area is 196 Å². The van der Waals surface area contributed by atoms with Gasteiger partial charge in [-0.1, -0.05) is 59.3 Å². The highest BCUT2D eigenvalue weighted by molar-refractivity contribution is 8.00. The molecule has 0 saturated heterocycles. The molecule has 1 atom stereocenters. The molecule has 0 aliphatic heterocycles. The summed E-state index contributed by atoms with van der Waals surface area (Å²) in [6, 6.07) is 19.4. The molecule has 0 spiro atoms. The molecule has 0 saturated carbocycles. The zero-order valence-electron chi connectivity index (χ0n) is 17.7. The van der Waals surface area contributed by atoms with Crippen LogP contribution in [0.25, 0.3) is 17.1 Å². The van der Waals surface area contributed by atoms with Crippen LogP contribution in [0.3, 0.4) is 0 Å². The lowest BCUT2D eigenvalue weighted by molar-refractivity contribution is -0.120. The van der Waals surface area contributed by atoms with E-state index in [2.05, 4.69) is 20.5 Å². The Morgan fingerprint density at radius 1 is 1.06 bits per heavy atom. The smallest absolute Gasteiger partial charge is 0.233 e. The van der Waals surface area contributed by atoms with E-state index < -0.39 is 0 Å². The molecule has 2 aromatic carbocycles. The summed E-state index contributed by atoms with van der Waals surface area (Å²) in [5, 5.41) is 12.7. The van der Waals surface area contributed by atoms with Gasteiger partial charge in [0.05, 0.1) is 5.25 Å². The van der Waals surface area contributed by atoms with E-state index >= 15 is 0 Å². The van der Waals surface area contributed by atoms with Crippen LogP contribution in [0.1, 0.15) is 18.1 Å². The first-order chi connectivity index (χ1) is 15.5. The maximum Gasteiger partial charge on any atom is 0.233 e. The van der Waals surface area contributed by atoms with Gasteiger partial charge in [0.1, 0.15) is 0 Å². The van der Waals surface area contributed by atoms with Crippen molar-refractivity contribution in [1.82, 2.24) is 25.1 Å². The fourth-order valence-corrected chi connectivity index (χ4v) is 4.23. The quantitative estimate of drug-likeness (QED) is 0.386. The molecule has 32 heavy (non-hydrogen) atoms. The lowest BCUT2D eigenvalue weighted by Crippen LogP contribution is -2.30. The molecule has 6 nitrogen and oxygen atoms in total. The van der Waals surface area contributed by atoms with Gasteiger partial charge in [-0.15, -0.1) is 10.2 Å². The summed E-state index contributed by atoms with van der Waals surface area (Å²) >= 11 is 7.56. The van der Waals surface area contributed by atoms with Crippen molar-refractivity contribution in [2.75, 3.05) is 0 Å². The molecule has 0 aliphatic rings. The van der Waals surface area contributed by atoms with E-state index in [0.29, 0.717) is 22.5 Å². The second kappa shape index (κ2) is 9.97. The second-order valence-electron chi connectivity index (χ2n) is 7.28. The van der Waals surface area contributed by atoms with E-state index in [4.69, 9.17) is 11.6 Å². The van der Waals surface area contributed by atoms with E-state index in [9.17, 15) is 4.79 Å². The Bertz CT molecular complexity index is 1210. The second-order valence-corrected chi connectivity index (χ2v) is 9.00. The summed E-state index contributed by atoms with van der Waals surface area (Å²) < 4.78 is 1.97. The zero-order chi connectivity index (χ0) is 22.5. The normalized spacial score (nSPS) is 11.8. The third kappa shape index (κ3) is 5.00. The van der Waals surface area contributed by atoms with Gasteiger partial charge in [0.2, 0.25) is 5.91 Å². The highest BCUT2D eigenvalue weighted by atomic mass is 35.5. The number of hydrogen-bond donors (Lipinski definition) is 1. The van der Waals surface area contributed by atoms with E-state index in [1.54, 1.807) is 12.4 Å². The van der Waals surface area contributed by atoms with Gasteiger partial charge in [0.15, 0.2) is 11.0 Å². The first kappa shape index (κ1) is 22.0. The van der Waals surface area contributed by atoms with Crippen molar-refractivity contribution in [3.8, 4) is 17.1 Å². The van der Waals surface area contributed by atoms with E-state index in [1.165, 1.54) is 11.8 Å². The van der Waals surface area contributed by atoms with E-state index in [0.717, 1.165) is 22.4 Å². The minimum atomic E-state index is -0.379. The van der Waals surface area contributed by atoms with Crippen LogP contribution in [0.4, 0.5) is 0 Å². The number of rotatable bonds is 7. The molecule has 2 aromatic heterocycles. The molecular weight excluding hydrogens is 442 g/mol. The number of nitrogens with one attached hydrogen (secondary N) is 1. The average molecular weight is 464 g/mol. The van der Waals surface area contributed by atoms with Crippen molar-refractivity contribution < 1.29 is 4.79 Å². The van der Waals surface area contributed by atoms with E-state index in [-0.39, 0.29) is 11.2 Å². The number of benzene rings is 2. The molecule has 0 radical (unpaired) electrons. The lowest BCUT2D eigenvalue weighted by Gasteiger charge is -2.14. The number of halogens is 1. The van der Waals surface area contributed by atoms with Crippen LogP contribution in [-0.4, -0.2) is 30.9 Å². The van der Waals surface area contributed by atoms with Crippen molar-refractivity contribution in [2.24, 2.45) is 0 Å². The SMILES string of the molecule is Cc1ccc(-n2c(SC(C)C(=O)NCc3ccccc3Cl)nnc2-c2ccncc2)cc1. The maximum absolute atomic E-state index is 12.8. The molecule has 162 valence electrons. The Kier molecular flexibility index (Phi) is 6.87. The average Bonchev–Trinajstić information content (AvgIpc) is 3.23. The summed E-state index contributed by atoms with van der Waals surface area (Å²) in [5.74, 6) is 0.598. The first-order valence-electron chi connectivity index (χ1n) is 10.1. The monoisotopic (exact) mass is 463 g/mol. The molecule has 1 amide bonds. The largest absolute Gasteiger partial charge is 0.351 e. The number of amides is 1. The van der Waals surface area contributed by atoms with Crippen LogP contribution < -0.4 is 5.32 Å². The zero-order valence-corrected chi connectivity index (χ0v) is 19.3. The number of thioether (sulfide) groups is 1. The predicted molar refractivity (Wildman–Crippen MR) is 128 cm³/mol. The third-order valence-electron chi connectivity index (χ3n) is 4.93. The summed E-state index contributed by atoms with van der Waals surface area (Å²) in [6.07, 6.45) is 3.45. The molecule has 0 fully saturated rings. The summed E-state index contributed by atoms with van der Waals surface area (Å²) in [5.41, 5.74) is 3.87. The number of aromatic nitrogens is 4. The van der Waals surface area contributed by atoms with Gasteiger partial charge in [-0.3, -0.25) is 14.3 Å². The van der Waals surface area contributed by atoms with Crippen molar-refractivity contribution in [2.45, 2.75) is 30.8 Å². The Hall–Kier alpha value is -3.16. The molecule has 8 heteroatoms. The Morgan fingerprint density at radius 2 is 1.78 bits per heavy atom. The standard InChI is InChI=1S/C24H22ClN5OS/c1-16-7-9-20(10-8-16)30-22(18-11-13-26-14-12-18)28-29-24(30)32-17(2)23(31)27-15-19-5-3-4-6-21(19)25/h3-14,17H,15H2,1-2H3,(H,27,31). The fourth-order valence-electron chi connectivity index (χ4n) is 3.14. The summed E-state index contributed by atoms with van der Waals surface area (Å²) in [6.45, 7) is 4.27. The minimum Gasteiger partial charge on any atom is -0.351 e. The molecule has 0 aliphatic carbocycles. The number of carbonyl (C=O) groups excluding carboxylic acids is 1. The Morgan fingerprint density at radius 3 is 2.50 bits per heavy atom. The first-order valence-corrected chi connectivity index (χ1v) is 11.4. The van der Waals surface area contributed by atoms with Crippen LogP contribution in [0.2, 0.25) is 5.02 Å². The minimum absolute atomic E-state index is 0.0983. The van der Waals surface area contributed by atoms with Gasteiger partial charge in [-0.2, -0.15) is 0 Å². The number of pyridine rings is 1. The molecule has 0 bridgehead atoms. The van der Waals surface area contributed by atoms with Crippen molar-refractivity contribution in [3.63, 3.8) is 0 Å². The van der Waals surface area contributed by atoms with E-state index in [1.807, 2.05) is 79.1 Å². The van der Waals surface area contributed by atoms with Gasteiger partial charge < -0.3 is 5.32 Å². The molecule has 4 rings (SSSR count). The molecule has 1 unspecified atom stereocenters. The lowest BCUT2D eigenvalue weighted by atomic mass is 10.2. The maximum atomic E-state index is 12.8. The van der Waals surface area contributed by atoms with Gasteiger partial charge in [0.25, 0.3) is 0 Å². The Balaban J connectivity index is 1.57. The van der Waals surface area contributed by atoms with Crippen LogP contribution >= 0.6 is 23.4 Å². The number of hydrogen-bond acceptors (Lipinski definition) is 5. The fraction of sp³-hybridized carbons (Fsp3) is 0.167. The third-order valence-corrected chi connectivity index (χ3v) is 6.34. The van der Waals surface area contributed by atoms with Crippen LogP contribution in [-0.2, 0) is 11.3 Å². The summed E-state index contributed by atoms with van der Waals surface area (Å²) in [4.78, 5) is 16.9. The number of aryl methyl sites for hydroxylation is 1. The number of carbonyl (C=O) groups is 1. The van der Waals surface area contributed by atoms with Gasteiger partial charge in [-0.25, -0.2) is 0 Å². The van der Waals surface area contributed by atoms with Crippen LogP contribution in [0.5, 0.6) is 0 Å². The molecule has 4 aromatic rings. The highest BCUT2D eigenvalue weighted by Gasteiger charge is 2.22. The van der Waals surface area contributed by atoms with Gasteiger partial charge >= 0.3 is 0 Å². The van der Waals surface area contributed by atoms with Gasteiger partial charge in [-0.05, 0) is 49.7 Å². The predicted octanol–water partition coefficient (Wildman–Crippen LogP) is 5.09. The molecule has 1 N–H and O–H groups in total. The topological polar surface area (TPSA) is 72.7 Å². The van der Waals surface area contributed by atoms with Crippen LogP contribution in [0, 0.1) is 6.92 Å². The number of nitrogens with zero attached hydrogens (tertiary/aromatic N) is 4.